The third-order valence-corrected chi connectivity index (χ3v) is 6.53. The number of benzene rings is 2. The van der Waals surface area contributed by atoms with E-state index in [1.165, 1.54) is 11.3 Å². The summed E-state index contributed by atoms with van der Waals surface area (Å²) in [6, 6.07) is 18.8. The fraction of sp³-hybridized carbons (Fsp3) is 0.160. The van der Waals surface area contributed by atoms with Gasteiger partial charge in [-0.15, -0.1) is 11.3 Å². The first-order chi connectivity index (χ1) is 16.2. The van der Waals surface area contributed by atoms with Crippen LogP contribution in [0.5, 0.6) is 5.75 Å². The van der Waals surface area contributed by atoms with Crippen LogP contribution >= 0.6 is 11.3 Å². The number of phenolic OH excluding ortho intramolecular Hbond substituents is 1. The van der Waals surface area contributed by atoms with E-state index in [1.807, 2.05) is 30.3 Å². The summed E-state index contributed by atoms with van der Waals surface area (Å²) in [6.45, 7) is 2.95. The molecule has 2 N–H and O–H groups in total. The van der Waals surface area contributed by atoms with E-state index in [2.05, 4.69) is 32.3 Å². The minimum absolute atomic E-state index is 0.150. The molecule has 1 aliphatic rings. The third kappa shape index (κ3) is 4.72. The molecule has 1 saturated heterocycles. The summed E-state index contributed by atoms with van der Waals surface area (Å²) in [6.07, 6.45) is 3.14. The summed E-state index contributed by atoms with van der Waals surface area (Å²) in [5.41, 5.74) is 3.33. The number of carbonyl (C=O) groups is 1. The van der Waals surface area contributed by atoms with Gasteiger partial charge in [0.15, 0.2) is 5.82 Å². The van der Waals surface area contributed by atoms with Crippen LogP contribution in [0.25, 0.3) is 22.5 Å². The molecular weight excluding hydrogens is 436 g/mol. The monoisotopic (exact) mass is 458 g/mol. The predicted molar refractivity (Wildman–Crippen MR) is 130 cm³/mol. The van der Waals surface area contributed by atoms with Crippen molar-refractivity contribution in [2.75, 3.05) is 36.5 Å². The van der Waals surface area contributed by atoms with Gasteiger partial charge >= 0.3 is 0 Å². The molecule has 0 bridgehead atoms. The van der Waals surface area contributed by atoms with Crippen molar-refractivity contribution >= 4 is 27.9 Å². The number of hydrogen-bond donors (Lipinski definition) is 2. The van der Waals surface area contributed by atoms with Crippen LogP contribution in [0.1, 0.15) is 9.67 Å². The second-order valence-corrected chi connectivity index (χ2v) is 8.63. The molecule has 1 amide bonds. The highest BCUT2D eigenvalue weighted by Gasteiger charge is 2.22. The second-order valence-electron chi connectivity index (χ2n) is 7.59. The number of aromatic hydroxyl groups is 1. The topological polar surface area (TPSA) is 87.6 Å². The first kappa shape index (κ1) is 21.1. The van der Waals surface area contributed by atoms with Crippen LogP contribution in [0.15, 0.2) is 73.1 Å². The number of thiophene rings is 1. The highest BCUT2D eigenvalue weighted by Crippen LogP contribution is 2.39. The molecule has 2 aromatic carbocycles. The van der Waals surface area contributed by atoms with Crippen LogP contribution in [-0.2, 0) is 4.74 Å². The summed E-state index contributed by atoms with van der Waals surface area (Å²) in [5.74, 6) is 0.419. The summed E-state index contributed by atoms with van der Waals surface area (Å²) < 4.78 is 5.50. The van der Waals surface area contributed by atoms with Gasteiger partial charge in [-0.1, -0.05) is 42.5 Å². The number of morpholine rings is 1. The molecule has 4 aromatic rings. The zero-order valence-corrected chi connectivity index (χ0v) is 18.6. The number of anilines is 2. The Kier molecular flexibility index (Phi) is 6.01. The maximum Gasteiger partial charge on any atom is 0.265 e. The van der Waals surface area contributed by atoms with E-state index in [1.54, 1.807) is 30.6 Å². The smallest absolute Gasteiger partial charge is 0.265 e. The van der Waals surface area contributed by atoms with Crippen molar-refractivity contribution in [3.05, 3.63) is 77.9 Å². The van der Waals surface area contributed by atoms with E-state index in [-0.39, 0.29) is 11.7 Å². The Bertz CT molecular complexity index is 1250. The van der Waals surface area contributed by atoms with Gasteiger partial charge in [-0.05, 0) is 23.8 Å². The van der Waals surface area contributed by atoms with Gasteiger partial charge in [0.25, 0.3) is 5.91 Å². The molecule has 5 rings (SSSR count). The number of nitrogens with one attached hydrogen (secondary N) is 1. The van der Waals surface area contributed by atoms with E-state index < -0.39 is 0 Å². The molecule has 8 heteroatoms. The van der Waals surface area contributed by atoms with Crippen molar-refractivity contribution in [1.82, 2.24) is 9.97 Å². The van der Waals surface area contributed by atoms with Crippen molar-refractivity contribution in [2.24, 2.45) is 0 Å². The van der Waals surface area contributed by atoms with Crippen LogP contribution in [0.4, 0.5) is 10.7 Å². The summed E-state index contributed by atoms with van der Waals surface area (Å²) in [5, 5.41) is 13.6. The zero-order valence-electron chi connectivity index (χ0n) is 17.8. The average Bonchev–Trinajstić information content (AvgIpc) is 3.31. The Balaban J connectivity index is 1.38. The van der Waals surface area contributed by atoms with E-state index in [9.17, 15) is 9.90 Å². The average molecular weight is 459 g/mol. The lowest BCUT2D eigenvalue weighted by molar-refractivity contribution is 0.103. The van der Waals surface area contributed by atoms with Gasteiger partial charge in [0.05, 0.1) is 41.2 Å². The van der Waals surface area contributed by atoms with E-state index in [0.29, 0.717) is 35.2 Å². The zero-order chi connectivity index (χ0) is 22.6. The first-order valence-electron chi connectivity index (χ1n) is 10.6. The molecule has 7 nitrogen and oxygen atoms in total. The van der Waals surface area contributed by atoms with E-state index >= 15 is 0 Å². The summed E-state index contributed by atoms with van der Waals surface area (Å²) in [7, 11) is 0. The molecule has 1 fully saturated rings. The Morgan fingerprint density at radius 2 is 1.70 bits per heavy atom. The predicted octanol–water partition coefficient (Wildman–Crippen LogP) is 4.67. The minimum Gasteiger partial charge on any atom is -0.508 e. The molecule has 0 spiro atoms. The lowest BCUT2D eigenvalue weighted by atomic mass is 10.1. The summed E-state index contributed by atoms with van der Waals surface area (Å²) in [4.78, 5) is 24.6. The van der Waals surface area contributed by atoms with Gasteiger partial charge < -0.3 is 20.1 Å². The number of hydrogen-bond acceptors (Lipinski definition) is 7. The number of amides is 1. The molecule has 0 unspecified atom stereocenters. The lowest BCUT2D eigenvalue weighted by Crippen LogP contribution is -2.35. The normalized spacial score (nSPS) is 13.6. The van der Waals surface area contributed by atoms with Crippen LogP contribution < -0.4 is 10.2 Å². The van der Waals surface area contributed by atoms with Crippen molar-refractivity contribution in [3.63, 3.8) is 0 Å². The van der Waals surface area contributed by atoms with Gasteiger partial charge in [-0.3, -0.25) is 4.79 Å². The largest absolute Gasteiger partial charge is 0.508 e. The third-order valence-electron chi connectivity index (χ3n) is 5.33. The number of nitrogens with zero attached hydrogens (tertiary/aromatic N) is 3. The van der Waals surface area contributed by atoms with Crippen LogP contribution in [0, 0.1) is 0 Å². The fourth-order valence-electron chi connectivity index (χ4n) is 3.70. The van der Waals surface area contributed by atoms with Crippen LogP contribution in [0.2, 0.25) is 0 Å². The maximum absolute atomic E-state index is 13.1. The SMILES string of the molecule is O=C(Nc1cnc(-c2cccc(O)c2)nc1)c1cc(-c2ccccc2)c(N2CCOCC2)s1. The van der Waals surface area contributed by atoms with Crippen molar-refractivity contribution in [2.45, 2.75) is 0 Å². The molecule has 0 saturated carbocycles. The Morgan fingerprint density at radius 3 is 2.42 bits per heavy atom. The lowest BCUT2D eigenvalue weighted by Gasteiger charge is -2.28. The molecule has 3 heterocycles. The molecule has 2 aromatic heterocycles. The van der Waals surface area contributed by atoms with Gasteiger partial charge in [-0.25, -0.2) is 9.97 Å². The van der Waals surface area contributed by atoms with Gasteiger partial charge in [0.1, 0.15) is 5.75 Å². The van der Waals surface area contributed by atoms with Crippen LogP contribution in [-0.4, -0.2) is 47.3 Å². The van der Waals surface area contributed by atoms with Crippen LogP contribution in [0.3, 0.4) is 0 Å². The van der Waals surface area contributed by atoms with Crippen molar-refractivity contribution in [1.29, 1.82) is 0 Å². The fourth-order valence-corrected chi connectivity index (χ4v) is 4.83. The highest BCUT2D eigenvalue weighted by atomic mass is 32.1. The molecular formula is C25H22N4O3S. The number of phenols is 1. The number of rotatable bonds is 5. The highest BCUT2D eigenvalue weighted by molar-refractivity contribution is 7.18. The second kappa shape index (κ2) is 9.40. The maximum atomic E-state index is 13.1. The van der Waals surface area contributed by atoms with Crippen molar-refractivity contribution < 1.29 is 14.6 Å². The van der Waals surface area contributed by atoms with Gasteiger partial charge in [-0.2, -0.15) is 0 Å². The molecule has 0 aliphatic carbocycles. The standard InChI is InChI=1S/C25H22N4O3S/c30-20-8-4-7-18(13-20)23-26-15-19(16-27-23)28-24(31)22-14-21(17-5-2-1-3-6-17)25(33-22)29-9-11-32-12-10-29/h1-8,13-16,30H,9-12H2,(H,28,31). The quantitative estimate of drug-likeness (QED) is 0.452. The Labute approximate surface area is 195 Å². The number of aromatic nitrogens is 2. The Hall–Kier alpha value is -3.75. The molecule has 33 heavy (non-hydrogen) atoms. The van der Waals surface area contributed by atoms with Gasteiger partial charge in [0.2, 0.25) is 0 Å². The minimum atomic E-state index is -0.203. The van der Waals surface area contributed by atoms with Gasteiger partial charge in [0, 0.05) is 24.2 Å². The molecule has 0 radical (unpaired) electrons. The summed E-state index contributed by atoms with van der Waals surface area (Å²) >= 11 is 1.48. The number of ether oxygens (including phenoxy) is 1. The molecule has 0 atom stereocenters. The van der Waals surface area contributed by atoms with E-state index in [4.69, 9.17) is 4.74 Å². The first-order valence-corrected chi connectivity index (χ1v) is 11.4. The van der Waals surface area contributed by atoms with Crippen molar-refractivity contribution in [3.8, 4) is 28.3 Å². The number of carbonyl (C=O) groups excluding carboxylic acids is 1. The van der Waals surface area contributed by atoms with E-state index in [0.717, 1.165) is 29.2 Å². The molecule has 1 aliphatic heterocycles. The Morgan fingerprint density at radius 1 is 0.970 bits per heavy atom. The molecule has 166 valence electrons.